The van der Waals surface area contributed by atoms with Crippen LogP contribution in [0.1, 0.15) is 33.4 Å². The molecule has 0 aliphatic rings. The SMILES string of the molecule is CC(Oc1cnc(C(C)(C)C)cn1)C(F)(F)F. The number of hydrogen-bond acceptors (Lipinski definition) is 3. The molecule has 0 fully saturated rings. The van der Waals surface area contributed by atoms with Crippen LogP contribution in [0.4, 0.5) is 13.2 Å². The van der Waals surface area contributed by atoms with Crippen molar-refractivity contribution in [1.29, 1.82) is 0 Å². The molecule has 0 N–H and O–H groups in total. The van der Waals surface area contributed by atoms with E-state index >= 15 is 0 Å². The summed E-state index contributed by atoms with van der Waals surface area (Å²) in [6, 6.07) is 0. The summed E-state index contributed by atoms with van der Waals surface area (Å²) in [5, 5.41) is 0. The van der Waals surface area contributed by atoms with Gasteiger partial charge in [0.25, 0.3) is 0 Å². The summed E-state index contributed by atoms with van der Waals surface area (Å²) in [4.78, 5) is 7.84. The number of hydrogen-bond donors (Lipinski definition) is 0. The van der Waals surface area contributed by atoms with E-state index in [0.717, 1.165) is 6.92 Å². The number of alkyl halides is 3. The highest BCUT2D eigenvalue weighted by Gasteiger charge is 2.38. The highest BCUT2D eigenvalue weighted by molar-refractivity contribution is 5.13. The third-order valence-corrected chi connectivity index (χ3v) is 2.16. The zero-order chi connectivity index (χ0) is 13.3. The van der Waals surface area contributed by atoms with E-state index in [9.17, 15) is 13.2 Å². The van der Waals surface area contributed by atoms with Crippen LogP contribution in [0.25, 0.3) is 0 Å². The quantitative estimate of drug-likeness (QED) is 0.806. The fourth-order valence-electron chi connectivity index (χ4n) is 1.01. The molecule has 1 heterocycles. The average molecular weight is 248 g/mol. The van der Waals surface area contributed by atoms with Crippen molar-refractivity contribution in [2.75, 3.05) is 0 Å². The topological polar surface area (TPSA) is 35.0 Å². The van der Waals surface area contributed by atoms with Crippen LogP contribution >= 0.6 is 0 Å². The van der Waals surface area contributed by atoms with E-state index in [1.54, 1.807) is 0 Å². The lowest BCUT2D eigenvalue weighted by molar-refractivity contribution is -0.190. The van der Waals surface area contributed by atoms with Crippen LogP contribution < -0.4 is 4.74 Å². The third kappa shape index (κ3) is 3.87. The first-order valence-corrected chi connectivity index (χ1v) is 5.16. The number of aromatic nitrogens is 2. The predicted octanol–water partition coefficient (Wildman–Crippen LogP) is 3.10. The Labute approximate surface area is 98.0 Å². The van der Waals surface area contributed by atoms with Crippen LogP contribution in [0.2, 0.25) is 0 Å². The van der Waals surface area contributed by atoms with E-state index in [2.05, 4.69) is 14.7 Å². The normalized spacial score (nSPS) is 14.5. The Bertz CT molecular complexity index is 368. The van der Waals surface area contributed by atoms with Gasteiger partial charge in [-0.2, -0.15) is 13.2 Å². The van der Waals surface area contributed by atoms with Crippen molar-refractivity contribution in [2.45, 2.75) is 45.4 Å². The number of ether oxygens (including phenoxy) is 1. The maximum atomic E-state index is 12.2. The Morgan fingerprint density at radius 3 is 2.06 bits per heavy atom. The molecule has 0 bridgehead atoms. The summed E-state index contributed by atoms with van der Waals surface area (Å²) in [6.45, 7) is 6.75. The van der Waals surface area contributed by atoms with Gasteiger partial charge in [-0.1, -0.05) is 20.8 Å². The highest BCUT2D eigenvalue weighted by atomic mass is 19.4. The molecule has 0 spiro atoms. The summed E-state index contributed by atoms with van der Waals surface area (Å²) in [5.74, 6) is -0.122. The predicted molar refractivity (Wildman–Crippen MR) is 56.9 cm³/mol. The standard InChI is InChI=1S/C11H15F3N2O/c1-7(11(12,13)14)17-9-6-15-8(5-16-9)10(2,3)4/h5-7H,1-4H3. The summed E-state index contributed by atoms with van der Waals surface area (Å²) in [7, 11) is 0. The Kier molecular flexibility index (Phi) is 3.64. The molecule has 1 aromatic rings. The Morgan fingerprint density at radius 1 is 1.12 bits per heavy atom. The first kappa shape index (κ1) is 13.7. The van der Waals surface area contributed by atoms with Crippen molar-refractivity contribution in [3.63, 3.8) is 0 Å². The second kappa shape index (κ2) is 4.50. The zero-order valence-corrected chi connectivity index (χ0v) is 10.2. The highest BCUT2D eigenvalue weighted by Crippen LogP contribution is 2.24. The van der Waals surface area contributed by atoms with Gasteiger partial charge in [-0.25, -0.2) is 4.98 Å². The molecule has 1 atom stereocenters. The number of rotatable bonds is 2. The average Bonchev–Trinajstić information content (AvgIpc) is 2.15. The maximum Gasteiger partial charge on any atom is 0.425 e. The number of nitrogens with zero attached hydrogens (tertiary/aromatic N) is 2. The van der Waals surface area contributed by atoms with E-state index in [4.69, 9.17) is 0 Å². The zero-order valence-electron chi connectivity index (χ0n) is 10.2. The molecule has 96 valence electrons. The second-order valence-corrected chi connectivity index (χ2v) is 4.79. The van der Waals surface area contributed by atoms with Crippen molar-refractivity contribution >= 4 is 0 Å². The largest absolute Gasteiger partial charge is 0.464 e. The van der Waals surface area contributed by atoms with Gasteiger partial charge in [-0.15, -0.1) is 0 Å². The van der Waals surface area contributed by atoms with Crippen LogP contribution in [-0.4, -0.2) is 22.2 Å². The summed E-state index contributed by atoms with van der Waals surface area (Å²) in [5.41, 5.74) is 0.505. The van der Waals surface area contributed by atoms with Crippen LogP contribution in [0.3, 0.4) is 0 Å². The lowest BCUT2D eigenvalue weighted by Crippen LogP contribution is -2.31. The van der Waals surface area contributed by atoms with Crippen LogP contribution in [0, 0.1) is 0 Å². The Morgan fingerprint density at radius 2 is 1.71 bits per heavy atom. The lowest BCUT2D eigenvalue weighted by Gasteiger charge is -2.19. The Balaban J connectivity index is 2.76. The van der Waals surface area contributed by atoms with Crippen LogP contribution in [-0.2, 0) is 5.41 Å². The molecule has 0 aromatic carbocycles. The fourth-order valence-corrected chi connectivity index (χ4v) is 1.01. The molecule has 1 aromatic heterocycles. The minimum atomic E-state index is -4.40. The van der Waals surface area contributed by atoms with Crippen molar-refractivity contribution < 1.29 is 17.9 Å². The maximum absolute atomic E-state index is 12.2. The molecule has 6 heteroatoms. The van der Waals surface area contributed by atoms with Gasteiger partial charge in [0.1, 0.15) is 0 Å². The lowest BCUT2D eigenvalue weighted by atomic mass is 9.93. The van der Waals surface area contributed by atoms with E-state index in [0.29, 0.717) is 5.69 Å². The molecule has 3 nitrogen and oxygen atoms in total. The van der Waals surface area contributed by atoms with Crippen molar-refractivity contribution in [3.05, 3.63) is 18.1 Å². The van der Waals surface area contributed by atoms with Gasteiger partial charge in [0.2, 0.25) is 5.88 Å². The minimum Gasteiger partial charge on any atom is -0.464 e. The summed E-state index contributed by atoms with van der Waals surface area (Å²) < 4.78 is 41.3. The van der Waals surface area contributed by atoms with Gasteiger partial charge < -0.3 is 4.74 Å². The van der Waals surface area contributed by atoms with E-state index in [-0.39, 0.29) is 11.3 Å². The van der Waals surface area contributed by atoms with Gasteiger partial charge in [-0.05, 0) is 6.92 Å². The molecule has 0 radical (unpaired) electrons. The fraction of sp³-hybridized carbons (Fsp3) is 0.636. The first-order chi connectivity index (χ1) is 7.60. The molecule has 0 aliphatic carbocycles. The molecule has 0 aliphatic heterocycles. The monoisotopic (exact) mass is 248 g/mol. The molecule has 1 unspecified atom stereocenters. The smallest absolute Gasteiger partial charge is 0.425 e. The van der Waals surface area contributed by atoms with Gasteiger partial charge in [0.15, 0.2) is 6.10 Å². The molecular weight excluding hydrogens is 233 g/mol. The second-order valence-electron chi connectivity index (χ2n) is 4.79. The van der Waals surface area contributed by atoms with E-state index in [1.165, 1.54) is 12.4 Å². The molecule has 1 rings (SSSR count). The van der Waals surface area contributed by atoms with Crippen molar-refractivity contribution in [2.24, 2.45) is 0 Å². The van der Waals surface area contributed by atoms with E-state index < -0.39 is 12.3 Å². The molecular formula is C11H15F3N2O. The minimum absolute atomic E-state index is 0.122. The molecule has 0 saturated heterocycles. The van der Waals surface area contributed by atoms with Crippen LogP contribution in [0.5, 0.6) is 5.88 Å². The van der Waals surface area contributed by atoms with Gasteiger partial charge >= 0.3 is 6.18 Å². The van der Waals surface area contributed by atoms with Gasteiger partial charge in [0.05, 0.1) is 18.1 Å². The summed E-state index contributed by atoms with van der Waals surface area (Å²) >= 11 is 0. The van der Waals surface area contributed by atoms with Gasteiger partial charge in [-0.3, -0.25) is 4.98 Å². The van der Waals surface area contributed by atoms with Crippen LogP contribution in [0.15, 0.2) is 12.4 Å². The van der Waals surface area contributed by atoms with Gasteiger partial charge in [0, 0.05) is 5.41 Å². The number of halogens is 3. The molecule has 0 saturated carbocycles. The van der Waals surface area contributed by atoms with Crippen molar-refractivity contribution in [3.8, 4) is 5.88 Å². The molecule has 0 amide bonds. The first-order valence-electron chi connectivity index (χ1n) is 5.16. The summed E-state index contributed by atoms with van der Waals surface area (Å²) in [6.07, 6.45) is -3.65. The molecule has 17 heavy (non-hydrogen) atoms. The Hall–Kier alpha value is -1.33. The third-order valence-electron chi connectivity index (χ3n) is 2.16. The van der Waals surface area contributed by atoms with Crippen molar-refractivity contribution in [1.82, 2.24) is 9.97 Å². The van der Waals surface area contributed by atoms with E-state index in [1.807, 2.05) is 20.8 Å².